The number of aromatic nitrogens is 3. The highest BCUT2D eigenvalue weighted by atomic mass is 32.2. The normalized spacial score (nSPS) is 18.3. The van der Waals surface area contributed by atoms with Crippen LogP contribution in [0.3, 0.4) is 0 Å². The fourth-order valence-electron chi connectivity index (χ4n) is 2.32. The van der Waals surface area contributed by atoms with Crippen LogP contribution in [0.2, 0.25) is 0 Å². The number of aromatic amines is 1. The summed E-state index contributed by atoms with van der Waals surface area (Å²) < 4.78 is 10.6. The van der Waals surface area contributed by atoms with E-state index in [1.807, 2.05) is 30.5 Å². The van der Waals surface area contributed by atoms with Crippen LogP contribution < -0.4 is 0 Å². The average molecular weight is 301 g/mol. The Morgan fingerprint density at radius 3 is 3.05 bits per heavy atom. The summed E-state index contributed by atoms with van der Waals surface area (Å²) in [6.45, 7) is 0.458. The number of carbonyl (C=O) groups excluding carboxylic acids is 1. The van der Waals surface area contributed by atoms with Crippen LogP contribution in [-0.4, -0.2) is 33.0 Å². The van der Waals surface area contributed by atoms with Crippen LogP contribution in [0.15, 0.2) is 40.1 Å². The number of hydrogen-bond donors (Lipinski definition) is 1. The van der Waals surface area contributed by atoms with Crippen molar-refractivity contribution in [1.29, 1.82) is 0 Å². The number of cyclic esters (lactones) is 1. The van der Waals surface area contributed by atoms with Crippen molar-refractivity contribution in [2.24, 2.45) is 0 Å². The second-order valence-corrected chi connectivity index (χ2v) is 5.84. The van der Waals surface area contributed by atoms with Gasteiger partial charge in [-0.15, -0.1) is 10.2 Å². The van der Waals surface area contributed by atoms with E-state index in [0.29, 0.717) is 24.1 Å². The van der Waals surface area contributed by atoms with Crippen molar-refractivity contribution in [1.82, 2.24) is 15.2 Å². The van der Waals surface area contributed by atoms with Crippen molar-refractivity contribution < 1.29 is 13.9 Å². The van der Waals surface area contributed by atoms with E-state index in [0.717, 1.165) is 16.5 Å². The summed E-state index contributed by atoms with van der Waals surface area (Å²) in [5, 5.41) is 9.23. The number of fused-ring (bicyclic) bond motifs is 1. The van der Waals surface area contributed by atoms with E-state index in [1.54, 1.807) is 0 Å². The topological polar surface area (TPSA) is 81.0 Å². The zero-order valence-electron chi connectivity index (χ0n) is 10.9. The molecule has 0 unspecified atom stereocenters. The molecule has 0 bridgehead atoms. The third kappa shape index (κ3) is 2.19. The molecule has 1 aliphatic heterocycles. The first-order valence-electron chi connectivity index (χ1n) is 6.54. The summed E-state index contributed by atoms with van der Waals surface area (Å²) in [6.07, 6.45) is 2.52. The van der Waals surface area contributed by atoms with Gasteiger partial charge in [-0.1, -0.05) is 18.2 Å². The van der Waals surface area contributed by atoms with Crippen molar-refractivity contribution >= 4 is 28.6 Å². The highest BCUT2D eigenvalue weighted by Crippen LogP contribution is 2.32. The van der Waals surface area contributed by atoms with Crippen LogP contribution in [0.4, 0.5) is 0 Å². The van der Waals surface area contributed by atoms with Gasteiger partial charge in [0.15, 0.2) is 0 Å². The molecule has 1 aromatic carbocycles. The zero-order chi connectivity index (χ0) is 14.2. The molecule has 1 aliphatic rings. The Hall–Kier alpha value is -2.28. The standard InChI is InChI=1S/C14H11N3O3S/c18-13-11(5-6-19-13)21-14-17-16-12(20-14)9-7-15-10-4-2-1-3-8(9)10/h1-4,7,11,15H,5-6H2/t11-/m1/s1. The first kappa shape index (κ1) is 12.5. The molecule has 3 heterocycles. The molecule has 1 N–H and O–H groups in total. The molecule has 1 atom stereocenters. The lowest BCUT2D eigenvalue weighted by Gasteiger charge is -1.98. The third-order valence-corrected chi connectivity index (χ3v) is 4.44. The van der Waals surface area contributed by atoms with E-state index in [-0.39, 0.29) is 11.2 Å². The van der Waals surface area contributed by atoms with Gasteiger partial charge >= 0.3 is 5.97 Å². The second-order valence-electron chi connectivity index (χ2n) is 4.68. The van der Waals surface area contributed by atoms with Crippen LogP contribution in [0.25, 0.3) is 22.4 Å². The van der Waals surface area contributed by atoms with Crippen molar-refractivity contribution in [2.75, 3.05) is 6.61 Å². The number of ether oxygens (including phenoxy) is 1. The molecule has 7 heteroatoms. The van der Waals surface area contributed by atoms with E-state index in [4.69, 9.17) is 9.15 Å². The minimum Gasteiger partial charge on any atom is -0.465 e. The number of benzene rings is 1. The Labute approximate surface area is 123 Å². The van der Waals surface area contributed by atoms with E-state index in [9.17, 15) is 4.79 Å². The number of esters is 1. The van der Waals surface area contributed by atoms with Gasteiger partial charge in [0.1, 0.15) is 5.25 Å². The lowest BCUT2D eigenvalue weighted by atomic mass is 10.2. The lowest BCUT2D eigenvalue weighted by Crippen LogP contribution is -2.09. The maximum Gasteiger partial charge on any atom is 0.319 e. The SMILES string of the molecule is O=C1OCC[C@H]1Sc1nnc(-c2c[nH]c3ccccc23)o1. The lowest BCUT2D eigenvalue weighted by molar-refractivity contribution is -0.137. The van der Waals surface area contributed by atoms with Crippen LogP contribution >= 0.6 is 11.8 Å². The molecule has 0 spiro atoms. The summed E-state index contributed by atoms with van der Waals surface area (Å²) in [6, 6.07) is 7.90. The Bertz CT molecular complexity index is 811. The third-order valence-electron chi connectivity index (χ3n) is 3.36. The predicted octanol–water partition coefficient (Wildman–Crippen LogP) is 2.63. The number of carbonyl (C=O) groups is 1. The fraction of sp³-hybridized carbons (Fsp3) is 0.214. The Morgan fingerprint density at radius 2 is 2.19 bits per heavy atom. The van der Waals surface area contributed by atoms with Crippen molar-refractivity contribution in [3.63, 3.8) is 0 Å². The molecule has 3 aromatic rings. The number of rotatable bonds is 3. The summed E-state index contributed by atoms with van der Waals surface area (Å²) in [7, 11) is 0. The average Bonchev–Trinajstić information content (AvgIpc) is 3.20. The summed E-state index contributed by atoms with van der Waals surface area (Å²) in [4.78, 5) is 14.6. The maximum absolute atomic E-state index is 11.5. The Morgan fingerprint density at radius 1 is 1.29 bits per heavy atom. The van der Waals surface area contributed by atoms with E-state index in [2.05, 4.69) is 15.2 Å². The van der Waals surface area contributed by atoms with Gasteiger partial charge in [0.05, 0.1) is 12.2 Å². The van der Waals surface area contributed by atoms with Gasteiger partial charge in [-0.25, -0.2) is 0 Å². The van der Waals surface area contributed by atoms with Crippen LogP contribution in [0.5, 0.6) is 0 Å². The van der Waals surface area contributed by atoms with Crippen LogP contribution in [0, 0.1) is 0 Å². The molecule has 0 aliphatic carbocycles. The monoisotopic (exact) mass is 301 g/mol. The highest BCUT2D eigenvalue weighted by molar-refractivity contribution is 8.00. The molecule has 2 aromatic heterocycles. The Balaban J connectivity index is 1.63. The molecule has 0 amide bonds. The van der Waals surface area contributed by atoms with Gasteiger partial charge in [0.25, 0.3) is 11.1 Å². The number of H-pyrrole nitrogens is 1. The van der Waals surface area contributed by atoms with Crippen molar-refractivity contribution in [2.45, 2.75) is 16.9 Å². The molecule has 6 nitrogen and oxygen atoms in total. The quantitative estimate of drug-likeness (QED) is 0.749. The first-order valence-corrected chi connectivity index (χ1v) is 7.42. The molecule has 1 saturated heterocycles. The smallest absolute Gasteiger partial charge is 0.319 e. The van der Waals surface area contributed by atoms with E-state index >= 15 is 0 Å². The minimum absolute atomic E-state index is 0.216. The molecule has 0 radical (unpaired) electrons. The zero-order valence-corrected chi connectivity index (χ0v) is 11.7. The fourth-order valence-corrected chi connectivity index (χ4v) is 3.16. The minimum atomic E-state index is -0.249. The molecule has 1 fully saturated rings. The maximum atomic E-state index is 11.5. The largest absolute Gasteiger partial charge is 0.465 e. The van der Waals surface area contributed by atoms with Gasteiger partial charge in [-0.05, 0) is 17.8 Å². The summed E-state index contributed by atoms with van der Waals surface area (Å²) >= 11 is 1.26. The van der Waals surface area contributed by atoms with Gasteiger partial charge in [0.2, 0.25) is 0 Å². The molecular weight excluding hydrogens is 290 g/mol. The second kappa shape index (κ2) is 4.92. The number of thioether (sulfide) groups is 1. The van der Waals surface area contributed by atoms with Crippen LogP contribution in [-0.2, 0) is 9.53 Å². The highest BCUT2D eigenvalue weighted by Gasteiger charge is 2.29. The Kier molecular flexibility index (Phi) is 2.92. The van der Waals surface area contributed by atoms with Crippen molar-refractivity contribution in [3.05, 3.63) is 30.5 Å². The molecule has 0 saturated carbocycles. The summed E-state index contributed by atoms with van der Waals surface area (Å²) in [5.74, 6) is 0.230. The van der Waals surface area contributed by atoms with Gasteiger partial charge in [0, 0.05) is 23.5 Å². The number of hydrogen-bond acceptors (Lipinski definition) is 6. The first-order chi connectivity index (χ1) is 10.3. The number of nitrogens with zero attached hydrogens (tertiary/aromatic N) is 2. The molecule has 106 valence electrons. The molecular formula is C14H11N3O3S. The van der Waals surface area contributed by atoms with E-state index in [1.165, 1.54) is 11.8 Å². The summed E-state index contributed by atoms with van der Waals surface area (Å²) in [5.41, 5.74) is 1.87. The van der Waals surface area contributed by atoms with Crippen LogP contribution in [0.1, 0.15) is 6.42 Å². The molecule has 4 rings (SSSR count). The van der Waals surface area contributed by atoms with E-state index < -0.39 is 0 Å². The van der Waals surface area contributed by atoms with Gasteiger partial charge < -0.3 is 14.1 Å². The predicted molar refractivity (Wildman–Crippen MR) is 76.8 cm³/mol. The van der Waals surface area contributed by atoms with Gasteiger partial charge in [-0.2, -0.15) is 0 Å². The molecule has 21 heavy (non-hydrogen) atoms. The number of para-hydroxylation sites is 1. The van der Waals surface area contributed by atoms with Gasteiger partial charge in [-0.3, -0.25) is 4.79 Å². The van der Waals surface area contributed by atoms with Crippen molar-refractivity contribution in [3.8, 4) is 11.5 Å². The number of nitrogens with one attached hydrogen (secondary N) is 1.